The maximum absolute atomic E-state index is 14.5. The number of ether oxygens (including phenoxy) is 2. The third kappa shape index (κ3) is 5.88. The number of unbranched alkanes of at least 4 members (excludes halogenated alkanes) is 5. The molecule has 3 rings (SSSR count). The Labute approximate surface area is 181 Å². The monoisotopic (exact) mass is 422 g/mol. The molecule has 2 saturated carbocycles. The Balaban J connectivity index is 1.47. The van der Waals surface area contributed by atoms with Crippen LogP contribution in [0.3, 0.4) is 0 Å². The molecule has 4 atom stereocenters. The van der Waals surface area contributed by atoms with Gasteiger partial charge in [0.15, 0.2) is 11.5 Å². The molecule has 2 fully saturated rings. The molecule has 2 aliphatic rings. The van der Waals surface area contributed by atoms with E-state index in [0.29, 0.717) is 25.0 Å². The smallest absolute Gasteiger partial charge is 0.204 e. The van der Waals surface area contributed by atoms with Gasteiger partial charge in [0.05, 0.1) is 13.2 Å². The second-order valence-electron chi connectivity index (χ2n) is 9.41. The Hall–Kier alpha value is -1.32. The summed E-state index contributed by atoms with van der Waals surface area (Å²) in [7, 11) is 0. The van der Waals surface area contributed by atoms with Crippen molar-refractivity contribution < 1.29 is 18.3 Å². The van der Waals surface area contributed by atoms with Crippen LogP contribution in [0.4, 0.5) is 8.78 Å². The van der Waals surface area contributed by atoms with Gasteiger partial charge in [-0.3, -0.25) is 0 Å². The Morgan fingerprint density at radius 2 is 1.33 bits per heavy atom. The molecule has 170 valence electrons. The van der Waals surface area contributed by atoms with Gasteiger partial charge in [-0.25, -0.2) is 0 Å². The molecule has 1 aromatic carbocycles. The fraction of sp³-hybridized carbons (Fsp3) is 0.769. The molecule has 0 spiro atoms. The highest BCUT2D eigenvalue weighted by Gasteiger charge is 2.44. The minimum Gasteiger partial charge on any atom is -0.490 e. The van der Waals surface area contributed by atoms with Crippen molar-refractivity contribution in [3.63, 3.8) is 0 Å². The maximum Gasteiger partial charge on any atom is 0.204 e. The average molecular weight is 423 g/mol. The summed E-state index contributed by atoms with van der Waals surface area (Å²) >= 11 is 0. The molecule has 0 heterocycles. The molecule has 2 aliphatic carbocycles. The summed E-state index contributed by atoms with van der Waals surface area (Å²) in [5.41, 5.74) is 0. The van der Waals surface area contributed by atoms with Crippen molar-refractivity contribution in [1.82, 2.24) is 0 Å². The highest BCUT2D eigenvalue weighted by atomic mass is 19.2. The summed E-state index contributed by atoms with van der Waals surface area (Å²) < 4.78 is 40.1. The zero-order valence-electron chi connectivity index (χ0n) is 18.9. The summed E-state index contributed by atoms with van der Waals surface area (Å²) in [4.78, 5) is 0. The van der Waals surface area contributed by atoms with Gasteiger partial charge in [0.2, 0.25) is 11.6 Å². The maximum atomic E-state index is 14.5. The molecular weight excluding hydrogens is 382 g/mol. The van der Waals surface area contributed by atoms with Crippen molar-refractivity contribution in [2.45, 2.75) is 90.9 Å². The molecule has 0 aliphatic heterocycles. The molecule has 0 bridgehead atoms. The minimum absolute atomic E-state index is 0.0111. The fourth-order valence-electron chi connectivity index (χ4n) is 5.71. The molecule has 0 amide bonds. The predicted molar refractivity (Wildman–Crippen MR) is 118 cm³/mol. The SMILES string of the molecule is CCCCCCOc1ccc(OCC2CCC3C(CCCCC)CCC23)c(F)c1F. The Bertz CT molecular complexity index is 648. The number of benzene rings is 1. The Morgan fingerprint density at radius 3 is 2.03 bits per heavy atom. The van der Waals surface area contributed by atoms with Gasteiger partial charge in [0, 0.05) is 0 Å². The van der Waals surface area contributed by atoms with Crippen LogP contribution in [0.15, 0.2) is 12.1 Å². The van der Waals surface area contributed by atoms with Crippen molar-refractivity contribution >= 4 is 0 Å². The van der Waals surface area contributed by atoms with Crippen LogP contribution in [0.2, 0.25) is 0 Å². The molecule has 0 saturated heterocycles. The first-order valence-electron chi connectivity index (χ1n) is 12.4. The summed E-state index contributed by atoms with van der Waals surface area (Å²) in [6.45, 7) is 5.31. The quantitative estimate of drug-likeness (QED) is 0.300. The number of hydrogen-bond donors (Lipinski definition) is 0. The number of halogens is 2. The van der Waals surface area contributed by atoms with Crippen LogP contribution < -0.4 is 9.47 Å². The first-order valence-corrected chi connectivity index (χ1v) is 12.4. The van der Waals surface area contributed by atoms with Crippen LogP contribution >= 0.6 is 0 Å². The normalized spacial score (nSPS) is 25.5. The van der Waals surface area contributed by atoms with E-state index >= 15 is 0 Å². The molecule has 4 heteroatoms. The lowest BCUT2D eigenvalue weighted by molar-refractivity contribution is 0.193. The van der Waals surface area contributed by atoms with Gasteiger partial charge in [-0.15, -0.1) is 0 Å². The average Bonchev–Trinajstić information content (AvgIpc) is 3.33. The van der Waals surface area contributed by atoms with E-state index in [0.717, 1.165) is 43.9 Å². The van der Waals surface area contributed by atoms with Crippen molar-refractivity contribution in [3.05, 3.63) is 23.8 Å². The first kappa shape index (κ1) is 23.3. The third-order valence-corrected chi connectivity index (χ3v) is 7.40. The van der Waals surface area contributed by atoms with Gasteiger partial charge < -0.3 is 9.47 Å². The molecule has 0 radical (unpaired) electrons. The molecule has 0 N–H and O–H groups in total. The van der Waals surface area contributed by atoms with E-state index in [1.54, 1.807) is 0 Å². The minimum atomic E-state index is -0.927. The number of rotatable bonds is 13. The Kier molecular flexibility index (Phi) is 9.27. The van der Waals surface area contributed by atoms with E-state index in [2.05, 4.69) is 13.8 Å². The highest BCUT2D eigenvalue weighted by Crippen LogP contribution is 2.52. The van der Waals surface area contributed by atoms with Gasteiger partial charge in [-0.2, -0.15) is 8.78 Å². The molecule has 30 heavy (non-hydrogen) atoms. The molecule has 2 nitrogen and oxygen atoms in total. The van der Waals surface area contributed by atoms with Gasteiger partial charge in [-0.05, 0) is 67.9 Å². The highest BCUT2D eigenvalue weighted by molar-refractivity contribution is 5.35. The van der Waals surface area contributed by atoms with Crippen molar-refractivity contribution in [2.24, 2.45) is 23.7 Å². The van der Waals surface area contributed by atoms with Crippen molar-refractivity contribution in [1.29, 1.82) is 0 Å². The van der Waals surface area contributed by atoms with Crippen LogP contribution in [0.5, 0.6) is 11.5 Å². The second-order valence-corrected chi connectivity index (χ2v) is 9.41. The lowest BCUT2D eigenvalue weighted by Crippen LogP contribution is -2.19. The van der Waals surface area contributed by atoms with E-state index in [4.69, 9.17) is 9.47 Å². The lowest BCUT2D eigenvalue weighted by atomic mass is 9.86. The van der Waals surface area contributed by atoms with Crippen LogP contribution in [0.1, 0.15) is 90.9 Å². The van der Waals surface area contributed by atoms with Gasteiger partial charge >= 0.3 is 0 Å². The van der Waals surface area contributed by atoms with Gasteiger partial charge in [0.25, 0.3) is 0 Å². The molecule has 1 aromatic rings. The van der Waals surface area contributed by atoms with E-state index in [-0.39, 0.29) is 11.5 Å². The van der Waals surface area contributed by atoms with Crippen LogP contribution in [0, 0.1) is 35.3 Å². The van der Waals surface area contributed by atoms with Crippen LogP contribution in [-0.4, -0.2) is 13.2 Å². The van der Waals surface area contributed by atoms with E-state index < -0.39 is 11.6 Å². The Morgan fingerprint density at radius 1 is 0.733 bits per heavy atom. The van der Waals surface area contributed by atoms with E-state index in [9.17, 15) is 8.78 Å². The number of fused-ring (bicyclic) bond motifs is 1. The second kappa shape index (κ2) is 11.9. The summed E-state index contributed by atoms with van der Waals surface area (Å²) in [5, 5.41) is 0. The largest absolute Gasteiger partial charge is 0.490 e. The predicted octanol–water partition coefficient (Wildman–Crippen LogP) is 7.94. The van der Waals surface area contributed by atoms with E-state index in [1.807, 2.05) is 0 Å². The third-order valence-electron chi connectivity index (χ3n) is 7.40. The summed E-state index contributed by atoms with van der Waals surface area (Å²) in [6.07, 6.45) is 14.5. The van der Waals surface area contributed by atoms with Crippen LogP contribution in [0.25, 0.3) is 0 Å². The molecule has 4 unspecified atom stereocenters. The lowest BCUT2D eigenvalue weighted by Gasteiger charge is -2.21. The van der Waals surface area contributed by atoms with Crippen molar-refractivity contribution in [2.75, 3.05) is 13.2 Å². The standard InChI is InChI=1S/C26H40F2O2/c1-3-5-7-9-17-29-23-15-16-24(26(28)25(23)27)30-18-20-12-14-21-19(10-8-6-4-2)11-13-22(20)21/h15-16,19-22H,3-14,17-18H2,1-2H3. The van der Waals surface area contributed by atoms with Gasteiger partial charge in [0.1, 0.15) is 0 Å². The summed E-state index contributed by atoms with van der Waals surface area (Å²) in [6, 6.07) is 3.03. The zero-order valence-corrected chi connectivity index (χ0v) is 18.9. The van der Waals surface area contributed by atoms with E-state index in [1.165, 1.54) is 57.1 Å². The molecule has 0 aromatic heterocycles. The van der Waals surface area contributed by atoms with Gasteiger partial charge in [-0.1, -0.05) is 58.8 Å². The van der Waals surface area contributed by atoms with Crippen LogP contribution in [-0.2, 0) is 0 Å². The molecular formula is C26H40F2O2. The topological polar surface area (TPSA) is 18.5 Å². The fourth-order valence-corrected chi connectivity index (χ4v) is 5.71. The zero-order chi connectivity index (χ0) is 21.3. The first-order chi connectivity index (χ1) is 14.7. The number of hydrogen-bond acceptors (Lipinski definition) is 2. The van der Waals surface area contributed by atoms with Crippen molar-refractivity contribution in [3.8, 4) is 11.5 Å². The summed E-state index contributed by atoms with van der Waals surface area (Å²) in [5.74, 6) is 1.03.